The second-order valence-corrected chi connectivity index (χ2v) is 9.15. The van der Waals surface area contributed by atoms with Crippen LogP contribution >= 0.6 is 11.3 Å². The van der Waals surface area contributed by atoms with Crippen LogP contribution in [0, 0.1) is 12.7 Å². The zero-order valence-electron chi connectivity index (χ0n) is 19.2. The first kappa shape index (κ1) is 22.7. The third kappa shape index (κ3) is 3.85. The Morgan fingerprint density at radius 1 is 1.17 bits per heavy atom. The number of imidazole rings is 1. The molecule has 0 N–H and O–H groups in total. The van der Waals surface area contributed by atoms with Gasteiger partial charge in [-0.3, -0.25) is 13.9 Å². The second kappa shape index (κ2) is 8.62. The van der Waals surface area contributed by atoms with Crippen molar-refractivity contribution >= 4 is 38.7 Å². The van der Waals surface area contributed by atoms with Gasteiger partial charge in [-0.15, -0.1) is 11.3 Å². The number of hydrogen-bond donors (Lipinski definition) is 0. The molecule has 0 aliphatic carbocycles. The van der Waals surface area contributed by atoms with Crippen LogP contribution in [0.4, 0.5) is 4.39 Å². The smallest absolute Gasteiger partial charge is 0.348 e. The highest BCUT2D eigenvalue weighted by Gasteiger charge is 2.19. The van der Waals surface area contributed by atoms with E-state index in [4.69, 9.17) is 4.74 Å². The molecule has 4 heterocycles. The van der Waals surface area contributed by atoms with Crippen molar-refractivity contribution in [1.29, 1.82) is 0 Å². The monoisotopic (exact) mass is 496 g/mol. The Morgan fingerprint density at radius 3 is 2.66 bits per heavy atom. The highest BCUT2D eigenvalue weighted by atomic mass is 32.1. The Hall–Kier alpha value is -4.06. The summed E-state index contributed by atoms with van der Waals surface area (Å²) in [7, 11) is 3.25. The summed E-state index contributed by atoms with van der Waals surface area (Å²) in [6, 6.07) is 7.67. The third-order valence-corrected chi connectivity index (χ3v) is 6.87. The van der Waals surface area contributed by atoms with Crippen LogP contribution in [-0.2, 0) is 25.4 Å². The van der Waals surface area contributed by atoms with Gasteiger partial charge in [0.15, 0.2) is 11.2 Å². The van der Waals surface area contributed by atoms with E-state index in [9.17, 15) is 18.8 Å². The minimum atomic E-state index is -0.501. The number of esters is 1. The Balaban J connectivity index is 1.30. The lowest BCUT2D eigenvalue weighted by Crippen LogP contribution is -2.39. The van der Waals surface area contributed by atoms with Crippen molar-refractivity contribution in [3.05, 3.63) is 73.9 Å². The van der Waals surface area contributed by atoms with Crippen LogP contribution < -0.4 is 11.2 Å². The van der Waals surface area contributed by atoms with Crippen LogP contribution in [0.2, 0.25) is 0 Å². The van der Waals surface area contributed by atoms with Gasteiger partial charge in [0.05, 0.1) is 24.3 Å². The molecular weight excluding hydrogens is 475 g/mol. The van der Waals surface area contributed by atoms with Gasteiger partial charge in [-0.2, -0.15) is 5.10 Å². The van der Waals surface area contributed by atoms with Crippen LogP contribution in [-0.4, -0.2) is 41.0 Å². The van der Waals surface area contributed by atoms with Gasteiger partial charge in [0.25, 0.3) is 5.56 Å². The molecule has 0 bridgehead atoms. The topological polar surface area (TPSA) is 106 Å². The van der Waals surface area contributed by atoms with Gasteiger partial charge in [-0.1, -0.05) is 0 Å². The number of rotatable bonds is 6. The van der Waals surface area contributed by atoms with Gasteiger partial charge in [-0.05, 0) is 43.7 Å². The number of ether oxygens (including phenoxy) is 1. The zero-order valence-corrected chi connectivity index (χ0v) is 20.0. The molecule has 12 heteroatoms. The predicted octanol–water partition coefficient (Wildman–Crippen LogP) is 2.53. The van der Waals surface area contributed by atoms with Gasteiger partial charge in [-0.25, -0.2) is 23.6 Å². The van der Waals surface area contributed by atoms with Crippen molar-refractivity contribution in [3.63, 3.8) is 0 Å². The van der Waals surface area contributed by atoms with E-state index in [1.54, 1.807) is 41.5 Å². The van der Waals surface area contributed by atoms with Gasteiger partial charge in [0.1, 0.15) is 15.5 Å². The average Bonchev–Trinajstić information content (AvgIpc) is 3.52. The summed E-state index contributed by atoms with van der Waals surface area (Å²) in [5.41, 5.74) is 1.17. The maximum absolute atomic E-state index is 13.3. The molecule has 0 amide bonds. The fourth-order valence-electron chi connectivity index (χ4n) is 3.96. The summed E-state index contributed by atoms with van der Waals surface area (Å²) in [5, 5.41) is 5.30. The van der Waals surface area contributed by atoms with Crippen molar-refractivity contribution in [2.45, 2.75) is 19.9 Å². The highest BCUT2D eigenvalue weighted by molar-refractivity contribution is 7.20. The second-order valence-electron chi connectivity index (χ2n) is 8.12. The number of hydrogen-bond acceptors (Lipinski definition) is 7. The minimum absolute atomic E-state index is 0.0369. The molecule has 180 valence electrons. The molecular formula is C23H21FN6O4S. The molecule has 0 atom stereocenters. The van der Waals surface area contributed by atoms with Crippen molar-refractivity contribution in [2.75, 3.05) is 6.61 Å². The van der Waals surface area contributed by atoms with Crippen LogP contribution in [0.1, 0.15) is 21.8 Å². The molecule has 0 aliphatic heterocycles. The summed E-state index contributed by atoms with van der Waals surface area (Å²) in [6.45, 7) is 1.97. The lowest BCUT2D eigenvalue weighted by atomic mass is 10.3. The Labute approximate surface area is 201 Å². The van der Waals surface area contributed by atoms with Crippen molar-refractivity contribution < 1.29 is 13.9 Å². The lowest BCUT2D eigenvalue weighted by molar-refractivity contribution is 0.0501. The van der Waals surface area contributed by atoms with Crippen molar-refractivity contribution in [1.82, 2.24) is 28.5 Å². The fourth-order valence-corrected chi connectivity index (χ4v) is 5.03. The molecule has 0 saturated heterocycles. The van der Waals surface area contributed by atoms with Crippen molar-refractivity contribution in [3.8, 4) is 5.69 Å². The highest BCUT2D eigenvalue weighted by Crippen LogP contribution is 2.30. The maximum Gasteiger partial charge on any atom is 0.348 e. The molecule has 0 spiro atoms. The molecule has 10 nitrogen and oxygen atoms in total. The minimum Gasteiger partial charge on any atom is -0.461 e. The Bertz CT molecular complexity index is 1710. The first-order chi connectivity index (χ1) is 16.8. The summed E-state index contributed by atoms with van der Waals surface area (Å²) < 4.78 is 24.4. The number of benzene rings is 1. The quantitative estimate of drug-likeness (QED) is 0.264. The normalized spacial score (nSPS) is 11.5. The number of carbonyl (C=O) groups excluding carboxylic acids is 1. The molecule has 35 heavy (non-hydrogen) atoms. The van der Waals surface area contributed by atoms with Crippen LogP contribution in [0.3, 0.4) is 0 Å². The van der Waals surface area contributed by atoms with E-state index in [1.165, 1.54) is 34.4 Å². The summed E-state index contributed by atoms with van der Waals surface area (Å²) in [6.07, 6.45) is 1.77. The van der Waals surface area contributed by atoms with Gasteiger partial charge in [0, 0.05) is 26.0 Å². The molecule has 5 rings (SSSR count). The number of nitrogens with zero attached hydrogens (tertiary/aromatic N) is 6. The van der Waals surface area contributed by atoms with Crippen LogP contribution in [0.25, 0.3) is 27.1 Å². The number of thiophene rings is 1. The SMILES string of the molecule is Cc1nn(-c2ccc(F)cc2)c2sc(C(=O)OCCCn3c(=O)c4c(ncn4C)n(C)c3=O)cc12. The molecule has 0 unspecified atom stereocenters. The Kier molecular flexibility index (Phi) is 5.59. The molecule has 4 aromatic heterocycles. The molecule has 1 aromatic carbocycles. The molecule has 5 aromatic rings. The van der Waals surface area contributed by atoms with Gasteiger partial charge < -0.3 is 9.30 Å². The maximum atomic E-state index is 13.3. The molecule has 0 saturated carbocycles. The number of fused-ring (bicyclic) bond motifs is 2. The number of aromatic nitrogens is 6. The summed E-state index contributed by atoms with van der Waals surface area (Å²) in [4.78, 5) is 43.3. The first-order valence-electron chi connectivity index (χ1n) is 10.8. The molecule has 0 radical (unpaired) electrons. The standard InChI is InChI=1S/C23H21FN6O4S/c1-13-16-11-17(35-21(16)30(26-13)15-7-5-14(24)6-8-15)22(32)34-10-4-9-29-20(31)18-19(25-12-27(18)2)28(3)23(29)33/h5-8,11-12H,4,9-10H2,1-3H3. The third-order valence-electron chi connectivity index (χ3n) is 5.78. The number of aryl methyl sites for hydroxylation is 3. The number of halogens is 1. The van der Waals surface area contributed by atoms with Gasteiger partial charge >= 0.3 is 11.7 Å². The Morgan fingerprint density at radius 2 is 1.91 bits per heavy atom. The van der Waals surface area contributed by atoms with E-state index < -0.39 is 17.2 Å². The largest absolute Gasteiger partial charge is 0.461 e. The average molecular weight is 497 g/mol. The van der Waals surface area contributed by atoms with E-state index in [1.807, 2.05) is 6.92 Å². The summed E-state index contributed by atoms with van der Waals surface area (Å²) >= 11 is 1.23. The van der Waals surface area contributed by atoms with E-state index >= 15 is 0 Å². The van der Waals surface area contributed by atoms with Crippen LogP contribution in [0.15, 0.2) is 46.2 Å². The molecule has 0 fully saturated rings. The number of carbonyl (C=O) groups is 1. The van der Waals surface area contributed by atoms with E-state index in [-0.39, 0.29) is 25.4 Å². The van der Waals surface area contributed by atoms with Crippen molar-refractivity contribution in [2.24, 2.45) is 14.1 Å². The van der Waals surface area contributed by atoms with Gasteiger partial charge in [0.2, 0.25) is 0 Å². The van der Waals surface area contributed by atoms with E-state index in [2.05, 4.69) is 10.1 Å². The molecule has 0 aliphatic rings. The lowest BCUT2D eigenvalue weighted by Gasteiger charge is -2.09. The van der Waals surface area contributed by atoms with Crippen LogP contribution in [0.5, 0.6) is 0 Å². The zero-order chi connectivity index (χ0) is 24.9. The first-order valence-corrected chi connectivity index (χ1v) is 11.6. The van der Waals surface area contributed by atoms with E-state index in [0.717, 1.165) is 20.5 Å². The van der Waals surface area contributed by atoms with E-state index in [0.29, 0.717) is 21.7 Å². The fraction of sp³-hybridized carbons (Fsp3) is 0.261. The summed E-state index contributed by atoms with van der Waals surface area (Å²) in [5.74, 6) is -0.844. The predicted molar refractivity (Wildman–Crippen MR) is 129 cm³/mol.